The molecule has 0 saturated carbocycles. The van der Waals surface area contributed by atoms with Crippen LogP contribution in [0.15, 0.2) is 89.6 Å². The number of nitrogens with one attached hydrogen (secondary N) is 2. The Balaban J connectivity index is 1.55. The summed E-state index contributed by atoms with van der Waals surface area (Å²) >= 11 is 12.2. The molecular formula is C23H15Cl2N3O3. The van der Waals surface area contributed by atoms with Gasteiger partial charge in [-0.15, -0.1) is 0 Å². The van der Waals surface area contributed by atoms with Crippen LogP contribution in [0.5, 0.6) is 0 Å². The van der Waals surface area contributed by atoms with E-state index >= 15 is 0 Å². The molecule has 154 valence electrons. The topological polar surface area (TPSA) is 78.5 Å². The second kappa shape index (κ2) is 8.63. The standard InChI is InChI=1S/C23H15Cl2N3O3/c24-17-11-4-5-12-18(17)27-21(29)14-7-6-8-15(13-14)26-20-19(25)22(30)28(23(20)31)16-9-2-1-3-10-16/h1-13,26H,(H,27,29). The zero-order valence-electron chi connectivity index (χ0n) is 15.9. The maximum atomic E-state index is 12.8. The van der Waals surface area contributed by atoms with Crippen LogP contribution in [0.3, 0.4) is 0 Å². The first kappa shape index (κ1) is 20.7. The lowest BCUT2D eigenvalue weighted by Gasteiger charge is -2.15. The van der Waals surface area contributed by atoms with Gasteiger partial charge in [-0.1, -0.05) is 59.6 Å². The number of nitrogens with zero attached hydrogens (tertiary/aromatic N) is 1. The van der Waals surface area contributed by atoms with Gasteiger partial charge in [0.15, 0.2) is 0 Å². The maximum Gasteiger partial charge on any atom is 0.283 e. The van der Waals surface area contributed by atoms with Crippen LogP contribution in [0.2, 0.25) is 5.02 Å². The lowest BCUT2D eigenvalue weighted by atomic mass is 10.1. The van der Waals surface area contributed by atoms with E-state index in [4.69, 9.17) is 23.2 Å². The van der Waals surface area contributed by atoms with Crippen LogP contribution in [0, 0.1) is 0 Å². The number of benzene rings is 3. The van der Waals surface area contributed by atoms with Gasteiger partial charge in [-0.05, 0) is 42.5 Å². The summed E-state index contributed by atoms with van der Waals surface area (Å²) in [6.07, 6.45) is 0. The number of halogens is 2. The molecule has 3 aromatic rings. The van der Waals surface area contributed by atoms with Crippen molar-refractivity contribution in [1.82, 2.24) is 0 Å². The summed E-state index contributed by atoms with van der Waals surface area (Å²) in [5.41, 5.74) is 1.60. The zero-order chi connectivity index (χ0) is 22.0. The monoisotopic (exact) mass is 451 g/mol. The van der Waals surface area contributed by atoms with Crippen LogP contribution < -0.4 is 15.5 Å². The molecule has 0 saturated heterocycles. The fourth-order valence-corrected chi connectivity index (χ4v) is 3.46. The molecule has 0 radical (unpaired) electrons. The minimum atomic E-state index is -0.618. The highest BCUT2D eigenvalue weighted by molar-refractivity contribution is 6.53. The zero-order valence-corrected chi connectivity index (χ0v) is 17.4. The number of para-hydroxylation sites is 2. The molecule has 0 atom stereocenters. The molecule has 1 aliphatic heterocycles. The fraction of sp³-hybridized carbons (Fsp3) is 0. The van der Waals surface area contributed by atoms with Crippen molar-refractivity contribution in [3.05, 3.63) is 100 Å². The number of imide groups is 1. The highest BCUT2D eigenvalue weighted by Gasteiger charge is 2.38. The van der Waals surface area contributed by atoms with Gasteiger partial charge in [0, 0.05) is 11.3 Å². The Morgan fingerprint density at radius 3 is 2.26 bits per heavy atom. The van der Waals surface area contributed by atoms with E-state index in [1.807, 2.05) is 0 Å². The van der Waals surface area contributed by atoms with Gasteiger partial charge >= 0.3 is 0 Å². The van der Waals surface area contributed by atoms with Crippen molar-refractivity contribution in [1.29, 1.82) is 0 Å². The van der Waals surface area contributed by atoms with Gasteiger partial charge < -0.3 is 10.6 Å². The second-order valence-corrected chi connectivity index (χ2v) is 7.40. The van der Waals surface area contributed by atoms with Crippen molar-refractivity contribution in [2.24, 2.45) is 0 Å². The Morgan fingerprint density at radius 1 is 0.806 bits per heavy atom. The molecule has 0 aliphatic carbocycles. The van der Waals surface area contributed by atoms with Crippen LogP contribution in [0.25, 0.3) is 0 Å². The lowest BCUT2D eigenvalue weighted by Crippen LogP contribution is -2.32. The predicted octanol–water partition coefficient (Wildman–Crippen LogP) is 5.03. The summed E-state index contributed by atoms with van der Waals surface area (Å²) in [7, 11) is 0. The van der Waals surface area contributed by atoms with E-state index in [2.05, 4.69) is 10.6 Å². The van der Waals surface area contributed by atoms with Crippen LogP contribution in [0.4, 0.5) is 17.1 Å². The first-order chi connectivity index (χ1) is 15.0. The summed E-state index contributed by atoms with van der Waals surface area (Å²) in [5.74, 6) is -1.57. The summed E-state index contributed by atoms with van der Waals surface area (Å²) < 4.78 is 0. The number of anilines is 3. The summed E-state index contributed by atoms with van der Waals surface area (Å²) in [4.78, 5) is 39.0. The van der Waals surface area contributed by atoms with E-state index in [-0.39, 0.29) is 16.6 Å². The third kappa shape index (κ3) is 4.17. The molecule has 31 heavy (non-hydrogen) atoms. The van der Waals surface area contributed by atoms with E-state index in [9.17, 15) is 14.4 Å². The Hall–Kier alpha value is -3.61. The normalized spacial score (nSPS) is 13.5. The predicted molar refractivity (Wildman–Crippen MR) is 121 cm³/mol. The van der Waals surface area contributed by atoms with Crippen molar-refractivity contribution < 1.29 is 14.4 Å². The average Bonchev–Trinajstić information content (AvgIpc) is 2.99. The van der Waals surface area contributed by atoms with Crippen molar-refractivity contribution >= 4 is 58.0 Å². The van der Waals surface area contributed by atoms with Crippen molar-refractivity contribution in [2.45, 2.75) is 0 Å². The van der Waals surface area contributed by atoms with Gasteiger partial charge in [0.25, 0.3) is 17.7 Å². The molecule has 0 aromatic heterocycles. The first-order valence-electron chi connectivity index (χ1n) is 9.22. The number of amides is 3. The van der Waals surface area contributed by atoms with Crippen molar-refractivity contribution in [3.8, 4) is 0 Å². The Morgan fingerprint density at radius 2 is 1.52 bits per heavy atom. The van der Waals surface area contributed by atoms with E-state index in [1.165, 1.54) is 0 Å². The summed E-state index contributed by atoms with van der Waals surface area (Å²) in [6.45, 7) is 0. The third-order valence-electron chi connectivity index (χ3n) is 4.56. The van der Waals surface area contributed by atoms with Crippen LogP contribution in [-0.2, 0) is 9.59 Å². The third-order valence-corrected chi connectivity index (χ3v) is 5.24. The molecule has 0 spiro atoms. The molecule has 8 heteroatoms. The van der Waals surface area contributed by atoms with Gasteiger partial charge in [-0.25, -0.2) is 4.90 Å². The Labute approximate surface area is 188 Å². The van der Waals surface area contributed by atoms with Crippen LogP contribution >= 0.6 is 23.2 Å². The highest BCUT2D eigenvalue weighted by Crippen LogP contribution is 2.30. The maximum absolute atomic E-state index is 12.8. The minimum Gasteiger partial charge on any atom is -0.350 e. The highest BCUT2D eigenvalue weighted by atomic mass is 35.5. The number of carbonyl (C=O) groups is 3. The van der Waals surface area contributed by atoms with Crippen LogP contribution in [-0.4, -0.2) is 17.7 Å². The van der Waals surface area contributed by atoms with E-state index in [0.29, 0.717) is 27.6 Å². The molecule has 6 nitrogen and oxygen atoms in total. The Bertz CT molecular complexity index is 1230. The molecule has 4 rings (SSSR count). The second-order valence-electron chi connectivity index (χ2n) is 6.61. The molecule has 3 amide bonds. The largest absolute Gasteiger partial charge is 0.350 e. The Kier molecular flexibility index (Phi) is 5.75. The fourth-order valence-electron chi connectivity index (χ4n) is 3.06. The van der Waals surface area contributed by atoms with Gasteiger partial charge in [0.1, 0.15) is 10.7 Å². The minimum absolute atomic E-state index is 0.0563. The van der Waals surface area contributed by atoms with Gasteiger partial charge in [-0.3, -0.25) is 14.4 Å². The van der Waals surface area contributed by atoms with Crippen LogP contribution in [0.1, 0.15) is 10.4 Å². The number of carbonyl (C=O) groups excluding carboxylic acids is 3. The lowest BCUT2D eigenvalue weighted by molar-refractivity contribution is -0.120. The van der Waals surface area contributed by atoms with E-state index < -0.39 is 11.8 Å². The number of hydrogen-bond acceptors (Lipinski definition) is 4. The van der Waals surface area contributed by atoms with Crippen molar-refractivity contribution in [3.63, 3.8) is 0 Å². The summed E-state index contributed by atoms with van der Waals surface area (Å²) in [5, 5.41) is 5.80. The van der Waals surface area contributed by atoms with Gasteiger partial charge in [0.05, 0.1) is 16.4 Å². The first-order valence-corrected chi connectivity index (χ1v) is 9.98. The van der Waals surface area contributed by atoms with Gasteiger partial charge in [0.2, 0.25) is 0 Å². The van der Waals surface area contributed by atoms with Gasteiger partial charge in [-0.2, -0.15) is 0 Å². The molecule has 1 aliphatic rings. The molecular weight excluding hydrogens is 437 g/mol. The van der Waals surface area contributed by atoms with E-state index in [0.717, 1.165) is 4.90 Å². The van der Waals surface area contributed by atoms with Crippen molar-refractivity contribution in [2.75, 3.05) is 15.5 Å². The molecule has 0 bridgehead atoms. The molecule has 1 heterocycles. The van der Waals surface area contributed by atoms with E-state index in [1.54, 1.807) is 78.9 Å². The summed E-state index contributed by atoms with van der Waals surface area (Å²) in [6, 6.07) is 21.9. The number of hydrogen-bond donors (Lipinski definition) is 2. The molecule has 0 fully saturated rings. The SMILES string of the molecule is O=C(Nc1ccccc1Cl)c1cccc(NC2=C(Cl)C(=O)N(c3ccccc3)C2=O)c1. The molecule has 0 unspecified atom stereocenters. The molecule has 2 N–H and O–H groups in total. The smallest absolute Gasteiger partial charge is 0.283 e. The molecule has 3 aromatic carbocycles. The quantitative estimate of drug-likeness (QED) is 0.533. The average molecular weight is 452 g/mol. The number of rotatable bonds is 5.